The summed E-state index contributed by atoms with van der Waals surface area (Å²) < 4.78 is 11.1. The van der Waals surface area contributed by atoms with Crippen molar-refractivity contribution >= 4 is 22.7 Å². The van der Waals surface area contributed by atoms with Gasteiger partial charge in [0, 0.05) is 29.3 Å². The fraction of sp³-hybridized carbons (Fsp3) is 0.269. The predicted molar refractivity (Wildman–Crippen MR) is 127 cm³/mol. The van der Waals surface area contributed by atoms with Crippen LogP contribution in [0.2, 0.25) is 0 Å². The van der Waals surface area contributed by atoms with Gasteiger partial charge >= 0.3 is 0 Å². The Hall–Kier alpha value is -3.87. The fourth-order valence-electron chi connectivity index (χ4n) is 4.43. The molecule has 7 heteroatoms. The molecule has 0 radical (unpaired) electrons. The lowest BCUT2D eigenvalue weighted by Gasteiger charge is -2.07. The Morgan fingerprint density at radius 1 is 1.12 bits per heavy atom. The molecule has 0 unspecified atom stereocenters. The van der Waals surface area contributed by atoms with Crippen LogP contribution < -0.4 is 15.5 Å². The summed E-state index contributed by atoms with van der Waals surface area (Å²) in [4.78, 5) is 25.3. The Labute approximate surface area is 190 Å². The highest BCUT2D eigenvalue weighted by Crippen LogP contribution is 2.33. The first-order valence-corrected chi connectivity index (χ1v) is 11.2. The molecule has 1 amide bonds. The van der Waals surface area contributed by atoms with Gasteiger partial charge in [-0.1, -0.05) is 18.9 Å². The maximum Gasteiger partial charge on any atom is 0.229 e. The molecule has 0 aliphatic heterocycles. The van der Waals surface area contributed by atoms with E-state index in [1.54, 1.807) is 25.3 Å². The lowest BCUT2D eigenvalue weighted by atomic mass is 10.0. The van der Waals surface area contributed by atoms with Crippen molar-refractivity contribution in [2.75, 3.05) is 12.4 Å². The van der Waals surface area contributed by atoms with Gasteiger partial charge in [-0.2, -0.15) is 5.10 Å². The van der Waals surface area contributed by atoms with E-state index in [0.717, 1.165) is 35.4 Å². The highest BCUT2D eigenvalue weighted by Gasteiger charge is 2.19. The molecule has 5 rings (SSSR count). The molecule has 2 N–H and O–H groups in total. The summed E-state index contributed by atoms with van der Waals surface area (Å²) >= 11 is 0. The molecular formula is C26H25N3O4. The highest BCUT2D eigenvalue weighted by atomic mass is 16.5. The van der Waals surface area contributed by atoms with Gasteiger partial charge < -0.3 is 14.5 Å². The normalized spacial score (nSPS) is 14.0. The smallest absolute Gasteiger partial charge is 0.229 e. The Morgan fingerprint density at radius 3 is 2.67 bits per heavy atom. The number of aromatic amines is 1. The number of anilines is 1. The van der Waals surface area contributed by atoms with Crippen LogP contribution in [0.5, 0.6) is 5.75 Å². The number of amides is 1. The molecule has 0 atom stereocenters. The zero-order chi connectivity index (χ0) is 22.8. The maximum absolute atomic E-state index is 12.8. The van der Waals surface area contributed by atoms with Crippen LogP contribution >= 0.6 is 0 Å². The number of nitrogens with zero attached hydrogens (tertiary/aromatic N) is 1. The predicted octanol–water partition coefficient (Wildman–Crippen LogP) is 5.03. The van der Waals surface area contributed by atoms with Crippen molar-refractivity contribution < 1.29 is 13.9 Å². The number of ether oxygens (including phenoxy) is 1. The van der Waals surface area contributed by atoms with Crippen molar-refractivity contribution in [2.24, 2.45) is 0 Å². The van der Waals surface area contributed by atoms with Crippen LogP contribution in [0.15, 0.2) is 63.8 Å². The van der Waals surface area contributed by atoms with Gasteiger partial charge in [-0.15, -0.1) is 0 Å². The number of rotatable bonds is 6. The van der Waals surface area contributed by atoms with Crippen molar-refractivity contribution in [2.45, 2.75) is 38.0 Å². The van der Waals surface area contributed by atoms with E-state index >= 15 is 0 Å². The molecule has 4 aromatic rings. The third kappa shape index (κ3) is 4.53. The van der Waals surface area contributed by atoms with E-state index in [1.807, 2.05) is 30.3 Å². The van der Waals surface area contributed by atoms with Crippen molar-refractivity contribution in [3.63, 3.8) is 0 Å². The monoisotopic (exact) mass is 443 g/mol. The number of hydrogen-bond donors (Lipinski definition) is 2. The van der Waals surface area contributed by atoms with E-state index in [4.69, 9.17) is 9.15 Å². The summed E-state index contributed by atoms with van der Waals surface area (Å²) in [5, 5.41) is 10.6. The minimum Gasteiger partial charge on any atom is -0.497 e. The van der Waals surface area contributed by atoms with E-state index in [1.165, 1.54) is 18.9 Å². The first-order chi connectivity index (χ1) is 16.1. The Kier molecular flexibility index (Phi) is 5.69. The van der Waals surface area contributed by atoms with Gasteiger partial charge in [0.25, 0.3) is 0 Å². The van der Waals surface area contributed by atoms with E-state index in [0.29, 0.717) is 28.5 Å². The van der Waals surface area contributed by atoms with Gasteiger partial charge in [0.15, 0.2) is 11.2 Å². The highest BCUT2D eigenvalue weighted by molar-refractivity contribution is 5.92. The number of carbonyl (C=O) groups is 1. The van der Waals surface area contributed by atoms with Crippen LogP contribution in [-0.2, 0) is 11.2 Å². The molecule has 1 saturated carbocycles. The quantitative estimate of drug-likeness (QED) is 0.436. The molecule has 168 valence electrons. The van der Waals surface area contributed by atoms with Crippen LogP contribution in [0.3, 0.4) is 0 Å². The average Bonchev–Trinajstić information content (AvgIpc) is 3.51. The average molecular weight is 444 g/mol. The minimum absolute atomic E-state index is 0.140. The van der Waals surface area contributed by atoms with Gasteiger partial charge in [-0.25, -0.2) is 0 Å². The third-order valence-corrected chi connectivity index (χ3v) is 6.19. The molecule has 0 saturated heterocycles. The molecule has 2 aromatic carbocycles. The molecule has 2 aromatic heterocycles. The van der Waals surface area contributed by atoms with Gasteiger partial charge in [-0.05, 0) is 54.8 Å². The molecule has 0 bridgehead atoms. The van der Waals surface area contributed by atoms with Crippen LogP contribution in [-0.4, -0.2) is 23.2 Å². The summed E-state index contributed by atoms with van der Waals surface area (Å²) in [6, 6.07) is 16.0. The van der Waals surface area contributed by atoms with Gasteiger partial charge in [0.05, 0.1) is 18.9 Å². The summed E-state index contributed by atoms with van der Waals surface area (Å²) in [6.07, 6.45) is 4.94. The van der Waals surface area contributed by atoms with E-state index in [2.05, 4.69) is 15.5 Å². The lowest BCUT2D eigenvalue weighted by molar-refractivity contribution is -0.115. The first-order valence-electron chi connectivity index (χ1n) is 11.2. The van der Waals surface area contributed by atoms with Gasteiger partial charge in [0.1, 0.15) is 17.1 Å². The Balaban J connectivity index is 1.31. The number of carbonyl (C=O) groups excluding carboxylic acids is 1. The summed E-state index contributed by atoms with van der Waals surface area (Å²) in [6.45, 7) is 0. The summed E-state index contributed by atoms with van der Waals surface area (Å²) in [5.41, 5.74) is 2.92. The number of H-pyrrole nitrogens is 1. The van der Waals surface area contributed by atoms with E-state index < -0.39 is 0 Å². The second-order valence-electron chi connectivity index (χ2n) is 8.45. The molecule has 1 fully saturated rings. The molecule has 7 nitrogen and oxygen atoms in total. The number of benzene rings is 2. The van der Waals surface area contributed by atoms with Crippen LogP contribution in [0.25, 0.3) is 22.3 Å². The zero-order valence-electron chi connectivity index (χ0n) is 18.4. The Morgan fingerprint density at radius 2 is 1.91 bits per heavy atom. The molecular weight excluding hydrogens is 418 g/mol. The number of aromatic nitrogens is 2. The first kappa shape index (κ1) is 21.0. The number of methoxy groups -OCH3 is 1. The third-order valence-electron chi connectivity index (χ3n) is 6.19. The molecule has 33 heavy (non-hydrogen) atoms. The van der Waals surface area contributed by atoms with Crippen molar-refractivity contribution in [1.29, 1.82) is 0 Å². The van der Waals surface area contributed by atoms with Gasteiger partial charge in [-0.3, -0.25) is 14.7 Å². The van der Waals surface area contributed by atoms with Crippen LogP contribution in [0, 0.1) is 0 Å². The lowest BCUT2D eigenvalue weighted by Crippen LogP contribution is -2.15. The van der Waals surface area contributed by atoms with Crippen molar-refractivity contribution in [3.05, 3.63) is 76.1 Å². The summed E-state index contributed by atoms with van der Waals surface area (Å²) in [7, 11) is 1.60. The minimum atomic E-state index is -0.182. The maximum atomic E-state index is 12.8. The number of fused-ring (bicyclic) bond motifs is 1. The van der Waals surface area contributed by atoms with E-state index in [-0.39, 0.29) is 17.8 Å². The van der Waals surface area contributed by atoms with Crippen molar-refractivity contribution in [3.8, 4) is 17.1 Å². The molecule has 0 spiro atoms. The molecule has 2 heterocycles. The standard InChI is InChI=1S/C26H25N3O4/c1-32-19-9-7-18(8-10-19)24-15-22(30)20-12-16(6-11-23(20)33-24)13-26(31)27-25-14-21(28-29-25)17-4-2-3-5-17/h6-12,14-15,17H,2-5,13H2,1H3,(H2,27,28,29,31). The fourth-order valence-corrected chi connectivity index (χ4v) is 4.43. The Bertz CT molecular complexity index is 1350. The zero-order valence-corrected chi connectivity index (χ0v) is 18.4. The van der Waals surface area contributed by atoms with Crippen LogP contribution in [0.1, 0.15) is 42.9 Å². The SMILES string of the molecule is COc1ccc(-c2cc(=O)c3cc(CC(=O)Nc4cc(C5CCCC5)[nH]n4)ccc3o2)cc1. The van der Waals surface area contributed by atoms with Crippen LogP contribution in [0.4, 0.5) is 5.82 Å². The second-order valence-corrected chi connectivity index (χ2v) is 8.45. The number of nitrogens with one attached hydrogen (secondary N) is 2. The number of hydrogen-bond acceptors (Lipinski definition) is 5. The molecule has 1 aliphatic carbocycles. The van der Waals surface area contributed by atoms with Crippen molar-refractivity contribution in [1.82, 2.24) is 10.2 Å². The van der Waals surface area contributed by atoms with E-state index in [9.17, 15) is 9.59 Å². The topological polar surface area (TPSA) is 97.2 Å². The summed E-state index contributed by atoms with van der Waals surface area (Å²) in [5.74, 6) is 2.07. The largest absolute Gasteiger partial charge is 0.497 e. The molecule has 1 aliphatic rings. The second kappa shape index (κ2) is 8.94. The van der Waals surface area contributed by atoms with Gasteiger partial charge in [0.2, 0.25) is 5.91 Å².